The number of likely N-dealkylation sites (tertiary alicyclic amines) is 1. The lowest BCUT2D eigenvalue weighted by Crippen LogP contribution is -2.59. The number of carbonyl (C=O) groups is 8. The fraction of sp³-hybridized carbons (Fsp3) is 0.679. The Labute approximate surface area is 287 Å². The fourth-order valence-electron chi connectivity index (χ4n) is 4.92. The maximum Gasteiger partial charge on any atom is 0.326 e. The van der Waals surface area contributed by atoms with Crippen LogP contribution in [0, 0.1) is 0 Å². The smallest absolute Gasteiger partial charge is 0.326 e. The minimum absolute atomic E-state index is 0.0458. The van der Waals surface area contributed by atoms with Gasteiger partial charge in [0.2, 0.25) is 35.4 Å². The molecule has 50 heavy (non-hydrogen) atoms. The Kier molecular flexibility index (Phi) is 19.3. The summed E-state index contributed by atoms with van der Waals surface area (Å²) in [6.45, 7) is -1.61. The van der Waals surface area contributed by atoms with Gasteiger partial charge in [-0.1, -0.05) is 0 Å². The van der Waals surface area contributed by atoms with Crippen LogP contribution in [-0.4, -0.2) is 143 Å². The summed E-state index contributed by atoms with van der Waals surface area (Å²) in [4.78, 5) is 104. The first kappa shape index (κ1) is 42.9. The molecule has 16 N–H and O–H groups in total. The molecule has 1 aliphatic heterocycles. The molecule has 0 unspecified atom stereocenters. The molecule has 6 amide bonds. The van der Waals surface area contributed by atoms with Gasteiger partial charge in [0.05, 0.1) is 26.1 Å². The molecule has 1 rings (SSSR count). The van der Waals surface area contributed by atoms with Crippen LogP contribution in [-0.2, 0) is 38.4 Å². The van der Waals surface area contributed by atoms with E-state index in [-0.39, 0.29) is 44.7 Å². The molecule has 0 aliphatic carbocycles. The quantitative estimate of drug-likeness (QED) is 0.0266. The zero-order valence-corrected chi connectivity index (χ0v) is 27.6. The number of amides is 6. The molecule has 0 aromatic heterocycles. The maximum absolute atomic E-state index is 13.3. The van der Waals surface area contributed by atoms with Crippen LogP contribution in [0.2, 0.25) is 0 Å². The van der Waals surface area contributed by atoms with Crippen molar-refractivity contribution in [3.05, 3.63) is 0 Å². The number of carboxylic acid groups (broad SMARTS) is 2. The van der Waals surface area contributed by atoms with Crippen LogP contribution < -0.4 is 49.5 Å². The van der Waals surface area contributed by atoms with Crippen LogP contribution in [0.5, 0.6) is 0 Å². The predicted octanol–water partition coefficient (Wildman–Crippen LogP) is -6.27. The van der Waals surface area contributed by atoms with E-state index in [1.54, 1.807) is 0 Å². The third kappa shape index (κ3) is 15.4. The number of carboxylic acids is 2. The van der Waals surface area contributed by atoms with Crippen molar-refractivity contribution in [2.24, 2.45) is 27.9 Å². The van der Waals surface area contributed by atoms with Gasteiger partial charge in [0, 0.05) is 13.1 Å². The first-order valence-corrected chi connectivity index (χ1v) is 15.9. The van der Waals surface area contributed by atoms with Crippen LogP contribution in [0.1, 0.15) is 51.4 Å². The number of carbonyl (C=O) groups excluding carboxylic acids is 6. The molecular weight excluding hydrogens is 666 g/mol. The molecule has 1 fully saturated rings. The van der Waals surface area contributed by atoms with E-state index in [1.807, 2.05) is 0 Å². The molecule has 5 atom stereocenters. The Balaban J connectivity index is 2.91. The Morgan fingerprint density at radius 2 is 1.46 bits per heavy atom. The van der Waals surface area contributed by atoms with E-state index in [0.717, 1.165) is 4.90 Å². The molecule has 0 bridgehead atoms. The van der Waals surface area contributed by atoms with E-state index >= 15 is 0 Å². The maximum atomic E-state index is 13.3. The Hall–Kier alpha value is -5.09. The van der Waals surface area contributed by atoms with Crippen molar-refractivity contribution >= 4 is 53.3 Å². The topological polar surface area (TPSA) is 377 Å². The van der Waals surface area contributed by atoms with Gasteiger partial charge in [-0.05, 0) is 51.5 Å². The average Bonchev–Trinajstić information content (AvgIpc) is 3.56. The molecular formula is C28H49N11O11. The van der Waals surface area contributed by atoms with Crippen molar-refractivity contribution in [3.63, 3.8) is 0 Å². The highest BCUT2D eigenvalue weighted by Gasteiger charge is 2.39. The minimum Gasteiger partial charge on any atom is -0.481 e. The van der Waals surface area contributed by atoms with Gasteiger partial charge in [0.1, 0.15) is 30.2 Å². The summed E-state index contributed by atoms with van der Waals surface area (Å²) in [6, 6.07) is -6.89. The molecule has 0 radical (unpaired) electrons. The van der Waals surface area contributed by atoms with Crippen LogP contribution in [0.4, 0.5) is 0 Å². The zero-order valence-electron chi connectivity index (χ0n) is 27.6. The number of aliphatic hydroxyl groups is 1. The average molecular weight is 716 g/mol. The summed E-state index contributed by atoms with van der Waals surface area (Å²) in [5.74, 6) is -8.23. The second kappa shape index (κ2) is 22.5. The van der Waals surface area contributed by atoms with Crippen molar-refractivity contribution in [1.82, 2.24) is 31.5 Å². The first-order valence-electron chi connectivity index (χ1n) is 15.9. The number of guanidine groups is 1. The van der Waals surface area contributed by atoms with E-state index in [2.05, 4.69) is 31.6 Å². The van der Waals surface area contributed by atoms with Crippen LogP contribution >= 0.6 is 0 Å². The van der Waals surface area contributed by atoms with E-state index in [0.29, 0.717) is 25.8 Å². The summed E-state index contributed by atoms with van der Waals surface area (Å²) in [6.07, 6.45) is 1.00. The van der Waals surface area contributed by atoms with E-state index in [1.165, 1.54) is 0 Å². The van der Waals surface area contributed by atoms with Gasteiger partial charge >= 0.3 is 11.9 Å². The minimum atomic E-state index is -1.77. The van der Waals surface area contributed by atoms with Crippen LogP contribution in [0.15, 0.2) is 4.99 Å². The number of nitrogens with one attached hydrogen (secondary N) is 5. The lowest BCUT2D eigenvalue weighted by atomic mass is 10.1. The van der Waals surface area contributed by atoms with Gasteiger partial charge in [-0.25, -0.2) is 4.79 Å². The molecule has 0 aromatic carbocycles. The summed E-state index contributed by atoms with van der Waals surface area (Å²) >= 11 is 0. The normalized spacial score (nSPS) is 16.1. The Bertz CT molecular complexity index is 1250. The largest absolute Gasteiger partial charge is 0.481 e. The monoisotopic (exact) mass is 715 g/mol. The molecule has 282 valence electrons. The van der Waals surface area contributed by atoms with Gasteiger partial charge in [0.15, 0.2) is 5.96 Å². The van der Waals surface area contributed by atoms with Gasteiger partial charge in [-0.2, -0.15) is 0 Å². The summed E-state index contributed by atoms with van der Waals surface area (Å²) in [5, 5.41) is 40.2. The third-order valence-corrected chi connectivity index (χ3v) is 7.43. The van der Waals surface area contributed by atoms with Crippen molar-refractivity contribution in [2.75, 3.05) is 39.3 Å². The highest BCUT2D eigenvalue weighted by molar-refractivity contribution is 5.97. The molecule has 22 nitrogen and oxygen atoms in total. The molecule has 22 heteroatoms. The van der Waals surface area contributed by atoms with E-state index in [9.17, 15) is 53.7 Å². The van der Waals surface area contributed by atoms with Crippen molar-refractivity contribution in [3.8, 4) is 0 Å². The second-order valence-electron chi connectivity index (χ2n) is 11.3. The number of unbranched alkanes of at least 4 members (excludes halogenated alkanes) is 1. The number of rotatable bonds is 23. The Morgan fingerprint density at radius 1 is 0.800 bits per heavy atom. The predicted molar refractivity (Wildman–Crippen MR) is 174 cm³/mol. The highest BCUT2D eigenvalue weighted by Crippen LogP contribution is 2.19. The van der Waals surface area contributed by atoms with E-state index < -0.39 is 104 Å². The summed E-state index contributed by atoms with van der Waals surface area (Å²) < 4.78 is 0. The Morgan fingerprint density at radius 3 is 2.04 bits per heavy atom. The van der Waals surface area contributed by atoms with E-state index in [4.69, 9.17) is 22.9 Å². The fourth-order valence-corrected chi connectivity index (χ4v) is 4.92. The molecule has 1 saturated heterocycles. The standard InChI is InChI=1S/C28H49N11O11/c29-8-2-1-5-16(27(49)50)37-25(47)19-7-4-10-39(19)26(48)18(14-40)38-24(46)17(11-22(43)44)36-21(42)13-34-23(45)15(35-20(41)12-30)6-3-9-33-28(31)32/h15-19,40H,1-14,29-30H2,(H,34,45)(H,35,41)(H,36,42)(H,37,47)(H,38,46)(H,43,44)(H,49,50)(H4,31,32,33)/t15-,16-,17-,18-,19-/m1/s1. The SMILES string of the molecule is NCCCC[C@@H](NC(=O)[C@H]1CCCN1C(=O)[C@@H](CO)NC(=O)[C@@H](CC(=O)O)NC(=O)CNC(=O)[C@@H](CCCN=C(N)N)NC(=O)CN)C(=O)O. The molecule has 0 saturated carbocycles. The number of aliphatic hydroxyl groups excluding tert-OH is 1. The summed E-state index contributed by atoms with van der Waals surface area (Å²) in [5.41, 5.74) is 21.3. The van der Waals surface area contributed by atoms with Gasteiger partial charge in [-0.3, -0.25) is 38.6 Å². The summed E-state index contributed by atoms with van der Waals surface area (Å²) in [7, 11) is 0. The number of nitrogens with zero attached hydrogens (tertiary/aromatic N) is 2. The van der Waals surface area contributed by atoms with Crippen LogP contribution in [0.25, 0.3) is 0 Å². The zero-order chi connectivity index (χ0) is 37.8. The van der Waals surface area contributed by atoms with Gasteiger partial charge in [0.25, 0.3) is 0 Å². The van der Waals surface area contributed by atoms with Crippen molar-refractivity contribution in [2.45, 2.75) is 81.6 Å². The molecule has 1 heterocycles. The number of hydrogen-bond acceptors (Lipinski definition) is 12. The number of nitrogens with two attached hydrogens (primary N) is 4. The third-order valence-electron chi connectivity index (χ3n) is 7.43. The lowest BCUT2D eigenvalue weighted by molar-refractivity contribution is -0.145. The molecule has 0 aromatic rings. The van der Waals surface area contributed by atoms with Gasteiger partial charge < -0.3 is 69.7 Å². The first-order chi connectivity index (χ1) is 23.6. The van der Waals surface area contributed by atoms with Crippen LogP contribution in [0.3, 0.4) is 0 Å². The molecule has 1 aliphatic rings. The number of aliphatic imine (C=N–C) groups is 1. The molecule has 0 spiro atoms. The number of hydrogen-bond donors (Lipinski definition) is 12. The van der Waals surface area contributed by atoms with Crippen molar-refractivity contribution < 1.29 is 53.7 Å². The van der Waals surface area contributed by atoms with Crippen molar-refractivity contribution in [1.29, 1.82) is 0 Å². The second-order valence-corrected chi connectivity index (χ2v) is 11.3. The number of aliphatic carboxylic acids is 2. The highest BCUT2D eigenvalue weighted by atomic mass is 16.4. The lowest BCUT2D eigenvalue weighted by Gasteiger charge is -2.29. The van der Waals surface area contributed by atoms with Gasteiger partial charge in [-0.15, -0.1) is 0 Å².